The number of hydrogen-bond acceptors (Lipinski definition) is 2. The number of nitrogens with one attached hydrogen (secondary N) is 2. The number of halogens is 1. The summed E-state index contributed by atoms with van der Waals surface area (Å²) in [5, 5.41) is 6.33. The molecule has 2 N–H and O–H groups in total. The van der Waals surface area contributed by atoms with Crippen molar-refractivity contribution in [1.29, 1.82) is 0 Å². The molecule has 0 spiro atoms. The van der Waals surface area contributed by atoms with Gasteiger partial charge in [-0.3, -0.25) is 0 Å². The third-order valence-electron chi connectivity index (χ3n) is 2.43. The summed E-state index contributed by atoms with van der Waals surface area (Å²) in [4.78, 5) is 13.4. The fourth-order valence-corrected chi connectivity index (χ4v) is 1.68. The van der Waals surface area contributed by atoms with Crippen molar-refractivity contribution in [2.24, 2.45) is 0 Å². The van der Waals surface area contributed by atoms with Crippen molar-refractivity contribution in [2.75, 3.05) is 33.7 Å². The maximum atomic E-state index is 11.4. The minimum atomic E-state index is -0.126. The van der Waals surface area contributed by atoms with Crippen LogP contribution in [-0.4, -0.2) is 44.7 Å². The second-order valence-electron chi connectivity index (χ2n) is 4.37. The van der Waals surface area contributed by atoms with Crippen LogP contribution in [0.2, 0.25) is 5.02 Å². The SMILES string of the molecule is CN(C)CCNC(=O)NCCc1cccc(Cl)c1. The molecular weight excluding hydrogens is 250 g/mol. The Bertz CT molecular complexity index is 382. The number of urea groups is 1. The Balaban J connectivity index is 2.15. The van der Waals surface area contributed by atoms with Gasteiger partial charge in [-0.15, -0.1) is 0 Å². The topological polar surface area (TPSA) is 44.4 Å². The molecule has 2 amide bonds. The summed E-state index contributed by atoms with van der Waals surface area (Å²) in [5.41, 5.74) is 1.12. The van der Waals surface area contributed by atoms with Crippen molar-refractivity contribution in [2.45, 2.75) is 6.42 Å². The molecule has 0 radical (unpaired) electrons. The summed E-state index contributed by atoms with van der Waals surface area (Å²) in [6.07, 6.45) is 0.779. The zero-order chi connectivity index (χ0) is 13.4. The lowest BCUT2D eigenvalue weighted by molar-refractivity contribution is 0.239. The first kappa shape index (κ1) is 14.8. The first-order valence-corrected chi connectivity index (χ1v) is 6.36. The van der Waals surface area contributed by atoms with Gasteiger partial charge in [-0.05, 0) is 38.2 Å². The van der Waals surface area contributed by atoms with E-state index in [0.717, 1.165) is 23.6 Å². The minimum Gasteiger partial charge on any atom is -0.338 e. The molecule has 100 valence electrons. The molecule has 0 aromatic heterocycles. The molecule has 5 heteroatoms. The molecular formula is C13H20ClN3O. The van der Waals surface area contributed by atoms with Crippen molar-refractivity contribution in [3.8, 4) is 0 Å². The fourth-order valence-electron chi connectivity index (χ4n) is 1.47. The highest BCUT2D eigenvalue weighted by Crippen LogP contribution is 2.10. The lowest BCUT2D eigenvalue weighted by Crippen LogP contribution is -2.39. The van der Waals surface area contributed by atoms with Crippen LogP contribution in [0.4, 0.5) is 4.79 Å². The normalized spacial score (nSPS) is 10.4. The van der Waals surface area contributed by atoms with E-state index in [1.807, 2.05) is 43.3 Å². The van der Waals surface area contributed by atoms with Gasteiger partial charge in [-0.2, -0.15) is 0 Å². The Hall–Kier alpha value is -1.26. The summed E-state index contributed by atoms with van der Waals surface area (Å²) >= 11 is 5.88. The molecule has 0 aliphatic carbocycles. The zero-order valence-electron chi connectivity index (χ0n) is 10.9. The van der Waals surface area contributed by atoms with Gasteiger partial charge in [0.2, 0.25) is 0 Å². The van der Waals surface area contributed by atoms with Crippen molar-refractivity contribution >= 4 is 17.6 Å². The second kappa shape index (κ2) is 7.95. The van der Waals surface area contributed by atoms with Gasteiger partial charge >= 0.3 is 6.03 Å². The van der Waals surface area contributed by atoms with E-state index in [1.165, 1.54) is 0 Å². The molecule has 1 rings (SSSR count). The number of rotatable bonds is 6. The number of amides is 2. The van der Waals surface area contributed by atoms with E-state index in [-0.39, 0.29) is 6.03 Å². The highest BCUT2D eigenvalue weighted by atomic mass is 35.5. The summed E-state index contributed by atoms with van der Waals surface area (Å²) in [5.74, 6) is 0. The summed E-state index contributed by atoms with van der Waals surface area (Å²) in [6, 6.07) is 7.53. The highest BCUT2D eigenvalue weighted by Gasteiger charge is 2.00. The quantitative estimate of drug-likeness (QED) is 0.826. The van der Waals surface area contributed by atoms with Crippen LogP contribution in [0, 0.1) is 0 Å². The van der Waals surface area contributed by atoms with E-state index in [1.54, 1.807) is 0 Å². The second-order valence-corrected chi connectivity index (χ2v) is 4.80. The average molecular weight is 270 g/mol. The molecule has 0 fully saturated rings. The maximum Gasteiger partial charge on any atom is 0.314 e. The zero-order valence-corrected chi connectivity index (χ0v) is 11.6. The Morgan fingerprint density at radius 2 is 2.00 bits per heavy atom. The van der Waals surface area contributed by atoms with Gasteiger partial charge in [-0.25, -0.2) is 4.79 Å². The van der Waals surface area contributed by atoms with Gasteiger partial charge in [0.25, 0.3) is 0 Å². The van der Waals surface area contributed by atoms with Crippen molar-refractivity contribution < 1.29 is 4.79 Å². The summed E-state index contributed by atoms with van der Waals surface area (Å²) in [7, 11) is 3.94. The third kappa shape index (κ3) is 6.47. The van der Waals surface area contributed by atoms with E-state index >= 15 is 0 Å². The fraction of sp³-hybridized carbons (Fsp3) is 0.462. The predicted octanol–water partition coefficient (Wildman–Crippen LogP) is 1.74. The molecule has 0 saturated heterocycles. The lowest BCUT2D eigenvalue weighted by atomic mass is 10.1. The van der Waals surface area contributed by atoms with Crippen molar-refractivity contribution in [3.05, 3.63) is 34.9 Å². The molecule has 0 aliphatic rings. The summed E-state index contributed by atoms with van der Waals surface area (Å²) < 4.78 is 0. The molecule has 4 nitrogen and oxygen atoms in total. The Labute approximate surface area is 113 Å². The molecule has 1 aromatic carbocycles. The van der Waals surface area contributed by atoms with Crippen LogP contribution in [0.25, 0.3) is 0 Å². The first-order valence-electron chi connectivity index (χ1n) is 5.99. The molecule has 0 bridgehead atoms. The van der Waals surface area contributed by atoms with Crippen LogP contribution in [0.3, 0.4) is 0 Å². The maximum absolute atomic E-state index is 11.4. The van der Waals surface area contributed by atoms with Gasteiger partial charge < -0.3 is 15.5 Å². The Morgan fingerprint density at radius 3 is 2.67 bits per heavy atom. The summed E-state index contributed by atoms with van der Waals surface area (Å²) in [6.45, 7) is 2.09. The number of nitrogens with zero attached hydrogens (tertiary/aromatic N) is 1. The standard InChI is InChI=1S/C13H20ClN3O/c1-17(2)9-8-16-13(18)15-7-6-11-4-3-5-12(14)10-11/h3-5,10H,6-9H2,1-2H3,(H2,15,16,18). The monoisotopic (exact) mass is 269 g/mol. The van der Waals surface area contributed by atoms with E-state index in [0.29, 0.717) is 13.1 Å². The number of carbonyl (C=O) groups excluding carboxylic acids is 1. The molecule has 0 saturated carbocycles. The highest BCUT2D eigenvalue weighted by molar-refractivity contribution is 6.30. The van der Waals surface area contributed by atoms with Crippen LogP contribution >= 0.6 is 11.6 Å². The Kier molecular flexibility index (Phi) is 6.54. The predicted molar refractivity (Wildman–Crippen MR) is 75.1 cm³/mol. The van der Waals surface area contributed by atoms with E-state index in [4.69, 9.17) is 11.6 Å². The van der Waals surface area contributed by atoms with Gasteiger partial charge in [0.1, 0.15) is 0 Å². The molecule has 0 atom stereocenters. The van der Waals surface area contributed by atoms with Gasteiger partial charge in [-0.1, -0.05) is 23.7 Å². The van der Waals surface area contributed by atoms with Crippen LogP contribution in [-0.2, 0) is 6.42 Å². The van der Waals surface area contributed by atoms with E-state index in [9.17, 15) is 4.79 Å². The smallest absolute Gasteiger partial charge is 0.314 e. The number of carbonyl (C=O) groups is 1. The molecule has 0 aliphatic heterocycles. The molecule has 0 unspecified atom stereocenters. The van der Waals surface area contributed by atoms with Gasteiger partial charge in [0, 0.05) is 24.7 Å². The van der Waals surface area contributed by atoms with Crippen molar-refractivity contribution in [1.82, 2.24) is 15.5 Å². The first-order chi connectivity index (χ1) is 8.58. The number of hydrogen-bond donors (Lipinski definition) is 2. The molecule has 18 heavy (non-hydrogen) atoms. The third-order valence-corrected chi connectivity index (χ3v) is 2.67. The van der Waals surface area contributed by atoms with E-state index < -0.39 is 0 Å². The van der Waals surface area contributed by atoms with Crippen LogP contribution in [0.1, 0.15) is 5.56 Å². The van der Waals surface area contributed by atoms with Crippen LogP contribution in [0.5, 0.6) is 0 Å². The molecule has 1 aromatic rings. The van der Waals surface area contributed by atoms with Crippen molar-refractivity contribution in [3.63, 3.8) is 0 Å². The van der Waals surface area contributed by atoms with Crippen LogP contribution in [0.15, 0.2) is 24.3 Å². The minimum absolute atomic E-state index is 0.126. The van der Waals surface area contributed by atoms with Gasteiger partial charge in [0.15, 0.2) is 0 Å². The van der Waals surface area contributed by atoms with Gasteiger partial charge in [0.05, 0.1) is 0 Å². The number of likely N-dealkylation sites (N-methyl/N-ethyl adjacent to an activating group) is 1. The lowest BCUT2D eigenvalue weighted by Gasteiger charge is -2.11. The Morgan fingerprint density at radius 1 is 1.28 bits per heavy atom. The van der Waals surface area contributed by atoms with Crippen LogP contribution < -0.4 is 10.6 Å². The number of benzene rings is 1. The van der Waals surface area contributed by atoms with E-state index in [2.05, 4.69) is 10.6 Å². The average Bonchev–Trinajstić information content (AvgIpc) is 2.28. The molecule has 0 heterocycles. The largest absolute Gasteiger partial charge is 0.338 e.